The topological polar surface area (TPSA) is 133 Å². The van der Waals surface area contributed by atoms with Crippen LogP contribution >= 0.6 is 0 Å². The van der Waals surface area contributed by atoms with Gasteiger partial charge >= 0.3 is 5.97 Å². The highest BCUT2D eigenvalue weighted by atomic mass is 16.6. The molecule has 0 saturated carbocycles. The number of anilines is 1. The fraction of sp³-hybridized carbons (Fsp3) is 0.263. The van der Waals surface area contributed by atoms with Gasteiger partial charge in [-0.25, -0.2) is 4.79 Å². The molecule has 150 valence electrons. The van der Waals surface area contributed by atoms with E-state index in [0.29, 0.717) is 30.6 Å². The fourth-order valence-electron chi connectivity index (χ4n) is 3.28. The van der Waals surface area contributed by atoms with Gasteiger partial charge in [-0.3, -0.25) is 25.0 Å². The quantitative estimate of drug-likeness (QED) is 0.429. The number of nitro groups is 2. The molecule has 2 aromatic carbocycles. The number of fused-ring (bicyclic) bond motifs is 1. The van der Waals surface area contributed by atoms with Gasteiger partial charge in [-0.1, -0.05) is 6.07 Å². The second-order valence-electron chi connectivity index (χ2n) is 6.50. The van der Waals surface area contributed by atoms with Crippen molar-refractivity contribution in [1.29, 1.82) is 0 Å². The van der Waals surface area contributed by atoms with Crippen molar-refractivity contribution in [3.05, 3.63) is 73.3 Å². The SMILES string of the molecule is Cc1c(C(=O)OCC(=O)N2CCCc3cc([N+](=O)[O-])ccc32)cccc1[N+](=O)[O-]. The number of nitro benzene ring substituents is 2. The Morgan fingerprint density at radius 3 is 2.59 bits per heavy atom. The van der Waals surface area contributed by atoms with Crippen molar-refractivity contribution < 1.29 is 24.2 Å². The molecule has 10 nitrogen and oxygen atoms in total. The summed E-state index contributed by atoms with van der Waals surface area (Å²) < 4.78 is 5.07. The maximum absolute atomic E-state index is 12.6. The molecule has 0 unspecified atom stereocenters. The summed E-state index contributed by atoms with van der Waals surface area (Å²) in [6.07, 6.45) is 1.23. The van der Waals surface area contributed by atoms with Crippen LogP contribution < -0.4 is 4.90 Å². The molecule has 0 atom stereocenters. The average molecular weight is 399 g/mol. The molecule has 29 heavy (non-hydrogen) atoms. The number of benzene rings is 2. The molecule has 1 heterocycles. The number of non-ortho nitro benzene ring substituents is 1. The highest BCUT2D eigenvalue weighted by Crippen LogP contribution is 2.30. The van der Waals surface area contributed by atoms with Gasteiger partial charge in [0, 0.05) is 36.0 Å². The first-order valence-corrected chi connectivity index (χ1v) is 8.78. The number of esters is 1. The lowest BCUT2D eigenvalue weighted by Gasteiger charge is -2.29. The predicted octanol–water partition coefficient (Wildman–Crippen LogP) is 2.95. The number of nitrogens with zero attached hydrogens (tertiary/aromatic N) is 3. The van der Waals surface area contributed by atoms with E-state index in [1.165, 1.54) is 48.2 Å². The Hall–Kier alpha value is -3.82. The van der Waals surface area contributed by atoms with E-state index >= 15 is 0 Å². The smallest absolute Gasteiger partial charge is 0.339 e. The number of rotatable bonds is 5. The first-order valence-electron chi connectivity index (χ1n) is 8.78. The van der Waals surface area contributed by atoms with E-state index in [4.69, 9.17) is 4.74 Å². The van der Waals surface area contributed by atoms with Gasteiger partial charge in [0.1, 0.15) is 0 Å². The van der Waals surface area contributed by atoms with Crippen LogP contribution in [0.5, 0.6) is 0 Å². The second kappa shape index (κ2) is 8.05. The first-order chi connectivity index (χ1) is 13.8. The van der Waals surface area contributed by atoms with Crippen molar-refractivity contribution >= 4 is 28.9 Å². The lowest BCUT2D eigenvalue weighted by molar-refractivity contribution is -0.385. The third-order valence-electron chi connectivity index (χ3n) is 4.74. The van der Waals surface area contributed by atoms with E-state index in [1.54, 1.807) is 0 Å². The number of hydrogen-bond donors (Lipinski definition) is 0. The molecule has 0 N–H and O–H groups in total. The molecule has 1 amide bonds. The minimum atomic E-state index is -0.833. The normalized spacial score (nSPS) is 12.8. The highest BCUT2D eigenvalue weighted by molar-refractivity contribution is 5.98. The third-order valence-corrected chi connectivity index (χ3v) is 4.74. The minimum Gasteiger partial charge on any atom is -0.452 e. The summed E-state index contributed by atoms with van der Waals surface area (Å²) in [5, 5.41) is 21.9. The van der Waals surface area contributed by atoms with Gasteiger partial charge in [0.15, 0.2) is 6.61 Å². The summed E-state index contributed by atoms with van der Waals surface area (Å²) in [7, 11) is 0. The molecule has 2 aromatic rings. The number of aryl methyl sites for hydroxylation is 1. The van der Waals surface area contributed by atoms with E-state index < -0.39 is 28.3 Å². The van der Waals surface area contributed by atoms with Gasteiger partial charge in [-0.05, 0) is 37.5 Å². The van der Waals surface area contributed by atoms with Crippen LogP contribution in [0.25, 0.3) is 0 Å². The molecule has 0 bridgehead atoms. The van der Waals surface area contributed by atoms with Crippen molar-refractivity contribution in [3.63, 3.8) is 0 Å². The highest BCUT2D eigenvalue weighted by Gasteiger charge is 2.26. The lowest BCUT2D eigenvalue weighted by Crippen LogP contribution is -2.38. The molecule has 0 aliphatic carbocycles. The van der Waals surface area contributed by atoms with Crippen LogP contribution in [0.1, 0.15) is 27.9 Å². The standard InChI is InChI=1S/C19H17N3O7/c1-12-15(5-2-6-16(12)22(27)28)19(24)29-11-18(23)20-9-3-4-13-10-14(21(25)26)7-8-17(13)20/h2,5-8,10H,3-4,9,11H2,1H3. The van der Waals surface area contributed by atoms with Gasteiger partial charge in [0.25, 0.3) is 17.3 Å². The van der Waals surface area contributed by atoms with Gasteiger partial charge in [0.05, 0.1) is 15.4 Å². The molecule has 1 aliphatic rings. The first kappa shape index (κ1) is 19.9. The Labute approximate surface area is 165 Å². The summed E-state index contributed by atoms with van der Waals surface area (Å²) in [5.41, 5.74) is 1.14. The van der Waals surface area contributed by atoms with Crippen LogP contribution in [0, 0.1) is 27.2 Å². The van der Waals surface area contributed by atoms with Crippen molar-refractivity contribution in [1.82, 2.24) is 0 Å². The monoisotopic (exact) mass is 399 g/mol. The Balaban J connectivity index is 1.73. The average Bonchev–Trinajstić information content (AvgIpc) is 2.70. The summed E-state index contributed by atoms with van der Waals surface area (Å²) in [6, 6.07) is 8.32. The number of carbonyl (C=O) groups excluding carboxylic acids is 2. The molecule has 10 heteroatoms. The zero-order chi connectivity index (χ0) is 21.1. The van der Waals surface area contributed by atoms with Crippen molar-refractivity contribution in [2.75, 3.05) is 18.1 Å². The Bertz CT molecular complexity index is 1020. The molecular weight excluding hydrogens is 382 g/mol. The maximum atomic E-state index is 12.6. The van der Waals surface area contributed by atoms with Crippen LogP contribution in [-0.2, 0) is 16.0 Å². The minimum absolute atomic E-state index is 0.0154. The number of hydrogen-bond acceptors (Lipinski definition) is 7. The van der Waals surface area contributed by atoms with Crippen molar-refractivity contribution in [3.8, 4) is 0 Å². The maximum Gasteiger partial charge on any atom is 0.339 e. The zero-order valence-electron chi connectivity index (χ0n) is 15.5. The fourth-order valence-corrected chi connectivity index (χ4v) is 3.28. The Morgan fingerprint density at radius 1 is 1.14 bits per heavy atom. The van der Waals surface area contributed by atoms with Crippen molar-refractivity contribution in [2.24, 2.45) is 0 Å². The van der Waals surface area contributed by atoms with Gasteiger partial charge < -0.3 is 9.64 Å². The van der Waals surface area contributed by atoms with Crippen LogP contribution in [0.2, 0.25) is 0 Å². The van der Waals surface area contributed by atoms with Crippen LogP contribution in [-0.4, -0.2) is 34.9 Å². The lowest BCUT2D eigenvalue weighted by atomic mass is 10.0. The number of carbonyl (C=O) groups is 2. The molecular formula is C19H17N3O7. The van der Waals surface area contributed by atoms with E-state index in [9.17, 15) is 29.8 Å². The van der Waals surface area contributed by atoms with E-state index in [1.807, 2.05) is 0 Å². The molecule has 1 aliphatic heterocycles. The van der Waals surface area contributed by atoms with E-state index in [2.05, 4.69) is 0 Å². The molecule has 0 fully saturated rings. The Kier molecular flexibility index (Phi) is 5.53. The molecule has 0 spiro atoms. The molecule has 0 radical (unpaired) electrons. The number of ether oxygens (including phenoxy) is 1. The summed E-state index contributed by atoms with van der Waals surface area (Å²) in [4.78, 5) is 47.2. The van der Waals surface area contributed by atoms with Gasteiger partial charge in [-0.2, -0.15) is 0 Å². The summed E-state index contributed by atoms with van der Waals surface area (Å²) >= 11 is 0. The van der Waals surface area contributed by atoms with Crippen LogP contribution in [0.3, 0.4) is 0 Å². The van der Waals surface area contributed by atoms with Crippen LogP contribution in [0.15, 0.2) is 36.4 Å². The summed E-state index contributed by atoms with van der Waals surface area (Å²) in [6.45, 7) is 1.29. The molecule has 0 saturated heterocycles. The predicted molar refractivity (Wildman–Crippen MR) is 102 cm³/mol. The third kappa shape index (κ3) is 4.05. The largest absolute Gasteiger partial charge is 0.452 e. The van der Waals surface area contributed by atoms with Crippen molar-refractivity contribution in [2.45, 2.75) is 19.8 Å². The van der Waals surface area contributed by atoms with Gasteiger partial charge in [-0.15, -0.1) is 0 Å². The zero-order valence-corrected chi connectivity index (χ0v) is 15.5. The summed E-state index contributed by atoms with van der Waals surface area (Å²) in [5.74, 6) is -1.31. The van der Waals surface area contributed by atoms with Crippen LogP contribution in [0.4, 0.5) is 17.1 Å². The number of amides is 1. The van der Waals surface area contributed by atoms with Gasteiger partial charge in [0.2, 0.25) is 0 Å². The molecule has 0 aromatic heterocycles. The Morgan fingerprint density at radius 2 is 1.90 bits per heavy atom. The van der Waals surface area contributed by atoms with E-state index in [0.717, 1.165) is 0 Å². The van der Waals surface area contributed by atoms with E-state index in [-0.39, 0.29) is 22.5 Å². The molecule has 3 rings (SSSR count). The second-order valence-corrected chi connectivity index (χ2v) is 6.50.